The number of furan rings is 1. The number of carbonyl (C=O) groups excluding carboxylic acids is 3. The van der Waals surface area contributed by atoms with Gasteiger partial charge in [0.15, 0.2) is 5.78 Å². The Kier molecular flexibility index (Phi) is 13.0. The van der Waals surface area contributed by atoms with E-state index in [0.29, 0.717) is 24.3 Å². The maximum atomic E-state index is 13.1. The minimum Gasteiger partial charge on any atom is -0.497 e. The monoisotopic (exact) mass is 518 g/mol. The molecule has 2 atom stereocenters. The Morgan fingerprint density at radius 3 is 2.39 bits per heavy atom. The van der Waals surface area contributed by atoms with Crippen LogP contribution in [0.3, 0.4) is 0 Å². The molecule has 2 rings (SSSR count). The van der Waals surface area contributed by atoms with Crippen molar-refractivity contribution in [3.8, 4) is 5.75 Å². The van der Waals surface area contributed by atoms with Crippen LogP contribution in [0.5, 0.6) is 5.75 Å². The van der Waals surface area contributed by atoms with Crippen LogP contribution < -0.4 is 15.4 Å². The number of amides is 2. The number of ketones is 1. The van der Waals surface area contributed by atoms with Crippen molar-refractivity contribution < 1.29 is 28.3 Å². The Morgan fingerprint density at radius 1 is 1.03 bits per heavy atom. The number of methoxy groups -OCH3 is 1. The van der Waals surface area contributed by atoms with Crippen LogP contribution in [0.1, 0.15) is 57.6 Å². The van der Waals surface area contributed by atoms with Crippen molar-refractivity contribution >= 4 is 29.5 Å². The normalized spacial score (nSPS) is 12.6. The van der Waals surface area contributed by atoms with E-state index in [1.165, 1.54) is 11.8 Å². The number of alkyl carbamates (subject to hydrolysis) is 1. The summed E-state index contributed by atoms with van der Waals surface area (Å²) in [6.45, 7) is 6.05. The molecule has 0 radical (unpaired) electrons. The number of unbranched alkanes of at least 4 members (excludes halogenated alkanes) is 1. The third kappa shape index (κ3) is 10.8. The Hall–Kier alpha value is -2.94. The molecule has 0 saturated heterocycles. The zero-order chi connectivity index (χ0) is 26.3. The Bertz CT molecular complexity index is 930. The van der Waals surface area contributed by atoms with Gasteiger partial charge < -0.3 is 24.5 Å². The molecule has 0 bridgehead atoms. The topological polar surface area (TPSA) is 107 Å². The summed E-state index contributed by atoms with van der Waals surface area (Å²) in [6.07, 6.45) is 5.29. The van der Waals surface area contributed by atoms with Crippen LogP contribution in [0.25, 0.3) is 0 Å². The largest absolute Gasteiger partial charge is 0.497 e. The Morgan fingerprint density at radius 2 is 1.78 bits per heavy atom. The molecule has 2 amide bonds. The highest BCUT2D eigenvalue weighted by molar-refractivity contribution is 7.99. The first-order valence-corrected chi connectivity index (χ1v) is 13.5. The summed E-state index contributed by atoms with van der Waals surface area (Å²) >= 11 is 1.49. The molecule has 2 N–H and O–H groups in total. The van der Waals surface area contributed by atoms with Gasteiger partial charge in [-0.3, -0.25) is 9.59 Å². The lowest BCUT2D eigenvalue weighted by Gasteiger charge is -2.24. The van der Waals surface area contributed by atoms with E-state index in [0.717, 1.165) is 24.0 Å². The second-order valence-corrected chi connectivity index (χ2v) is 10.0. The number of rotatable bonds is 16. The fourth-order valence-corrected chi connectivity index (χ4v) is 4.40. The van der Waals surface area contributed by atoms with E-state index in [1.807, 2.05) is 26.8 Å². The fourth-order valence-electron chi connectivity index (χ4n) is 3.50. The summed E-state index contributed by atoms with van der Waals surface area (Å²) in [5, 5.41) is 5.57. The van der Waals surface area contributed by atoms with Crippen LogP contribution in [0.4, 0.5) is 4.79 Å². The van der Waals surface area contributed by atoms with Crippen molar-refractivity contribution in [1.82, 2.24) is 10.6 Å². The average Bonchev–Trinajstić information content (AvgIpc) is 3.38. The highest BCUT2D eigenvalue weighted by Gasteiger charge is 2.27. The quantitative estimate of drug-likeness (QED) is 0.318. The standard InChI is InChI=1S/C27H38N2O6S/c1-5-6-7-23(25(30)18-36-17-21-12-13-34-15-21)28-26(31)24(14-19(2)3)29-27(32)35-16-20-8-10-22(33-4)11-9-20/h8-13,15,19,23-24H,5-7,14,16-18H2,1-4H3,(H,28,31)(H,29,32)/t23-,24-/m0/s1. The van der Waals surface area contributed by atoms with Crippen LogP contribution in [-0.4, -0.2) is 42.7 Å². The predicted octanol–water partition coefficient (Wildman–Crippen LogP) is 5.11. The van der Waals surface area contributed by atoms with Crippen molar-refractivity contribution in [2.24, 2.45) is 5.92 Å². The summed E-state index contributed by atoms with van der Waals surface area (Å²) in [5.74, 6) is 1.40. The molecule has 9 heteroatoms. The summed E-state index contributed by atoms with van der Waals surface area (Å²) in [6, 6.07) is 7.64. The van der Waals surface area contributed by atoms with Gasteiger partial charge >= 0.3 is 6.09 Å². The fraction of sp³-hybridized carbons (Fsp3) is 0.519. The molecule has 0 saturated carbocycles. The van der Waals surface area contributed by atoms with E-state index >= 15 is 0 Å². The number of Topliss-reactive ketones (excluding diaryl/α,β-unsaturated/α-hetero) is 1. The highest BCUT2D eigenvalue weighted by Crippen LogP contribution is 2.15. The second kappa shape index (κ2) is 15.9. The van der Waals surface area contributed by atoms with Crippen molar-refractivity contribution in [3.63, 3.8) is 0 Å². The highest BCUT2D eigenvalue weighted by atomic mass is 32.2. The lowest BCUT2D eigenvalue weighted by Crippen LogP contribution is -2.52. The Balaban J connectivity index is 1.93. The molecule has 0 aliphatic carbocycles. The third-order valence-corrected chi connectivity index (χ3v) is 6.52. The minimum atomic E-state index is -0.802. The van der Waals surface area contributed by atoms with Crippen molar-refractivity contribution in [1.29, 1.82) is 0 Å². The SMILES string of the molecule is CCCC[C@H](NC(=O)[C@H](CC(C)C)NC(=O)OCc1ccc(OC)cc1)C(=O)CSCc1ccoc1. The van der Waals surface area contributed by atoms with Crippen LogP contribution >= 0.6 is 11.8 Å². The summed E-state index contributed by atoms with van der Waals surface area (Å²) in [5.41, 5.74) is 1.81. The molecule has 1 heterocycles. The van der Waals surface area contributed by atoms with E-state index in [1.54, 1.807) is 43.9 Å². The summed E-state index contributed by atoms with van der Waals surface area (Å²) in [7, 11) is 1.58. The van der Waals surface area contributed by atoms with Crippen molar-refractivity contribution in [3.05, 3.63) is 54.0 Å². The van der Waals surface area contributed by atoms with Crippen LogP contribution in [-0.2, 0) is 26.7 Å². The molecular formula is C27H38N2O6S. The second-order valence-electron chi connectivity index (χ2n) is 9.04. The molecule has 1 aromatic carbocycles. The van der Waals surface area contributed by atoms with Gasteiger partial charge in [-0.15, -0.1) is 11.8 Å². The zero-order valence-corrected chi connectivity index (χ0v) is 22.4. The molecule has 2 aromatic rings. The first-order chi connectivity index (χ1) is 17.3. The van der Waals surface area contributed by atoms with E-state index in [9.17, 15) is 14.4 Å². The lowest BCUT2D eigenvalue weighted by molar-refractivity contribution is -0.128. The number of hydrogen-bond acceptors (Lipinski definition) is 7. The van der Waals surface area contributed by atoms with Gasteiger partial charge in [-0.1, -0.05) is 45.7 Å². The van der Waals surface area contributed by atoms with Gasteiger partial charge in [0.2, 0.25) is 5.91 Å². The maximum Gasteiger partial charge on any atom is 0.408 e. The van der Waals surface area contributed by atoms with Crippen LogP contribution in [0.2, 0.25) is 0 Å². The van der Waals surface area contributed by atoms with Crippen LogP contribution in [0, 0.1) is 5.92 Å². The molecule has 8 nitrogen and oxygen atoms in total. The number of nitrogens with one attached hydrogen (secondary N) is 2. The van der Waals surface area contributed by atoms with Gasteiger partial charge in [-0.2, -0.15) is 0 Å². The zero-order valence-electron chi connectivity index (χ0n) is 21.6. The number of benzene rings is 1. The molecule has 1 aromatic heterocycles. The molecule has 36 heavy (non-hydrogen) atoms. The van der Waals surface area contributed by atoms with Crippen molar-refractivity contribution in [2.75, 3.05) is 12.9 Å². The Labute approximate surface area is 217 Å². The van der Waals surface area contributed by atoms with Gasteiger partial charge in [0.05, 0.1) is 31.4 Å². The smallest absolute Gasteiger partial charge is 0.408 e. The maximum absolute atomic E-state index is 13.1. The first-order valence-electron chi connectivity index (χ1n) is 12.3. The lowest BCUT2D eigenvalue weighted by atomic mass is 10.0. The molecule has 0 unspecified atom stereocenters. The van der Waals surface area contributed by atoms with E-state index in [2.05, 4.69) is 10.6 Å². The predicted molar refractivity (Wildman–Crippen MR) is 141 cm³/mol. The van der Waals surface area contributed by atoms with Gasteiger partial charge in [-0.25, -0.2) is 4.79 Å². The minimum absolute atomic E-state index is 0.0318. The van der Waals surface area contributed by atoms with E-state index in [-0.39, 0.29) is 30.0 Å². The molecule has 0 spiro atoms. The molecule has 0 fully saturated rings. The number of hydrogen-bond donors (Lipinski definition) is 2. The number of carbonyl (C=O) groups is 3. The summed E-state index contributed by atoms with van der Waals surface area (Å²) in [4.78, 5) is 38.5. The molecule has 198 valence electrons. The van der Waals surface area contributed by atoms with Crippen molar-refractivity contribution in [2.45, 2.75) is 70.9 Å². The average molecular weight is 519 g/mol. The molecular weight excluding hydrogens is 480 g/mol. The van der Waals surface area contributed by atoms with Gasteiger partial charge in [0.25, 0.3) is 0 Å². The van der Waals surface area contributed by atoms with Gasteiger partial charge in [0, 0.05) is 11.3 Å². The van der Waals surface area contributed by atoms with E-state index < -0.39 is 18.2 Å². The van der Waals surface area contributed by atoms with E-state index in [4.69, 9.17) is 13.9 Å². The molecule has 0 aliphatic rings. The van der Waals surface area contributed by atoms with Crippen LogP contribution in [0.15, 0.2) is 47.3 Å². The number of thioether (sulfide) groups is 1. The first kappa shape index (κ1) is 29.3. The molecule has 0 aliphatic heterocycles. The summed E-state index contributed by atoms with van der Waals surface area (Å²) < 4.78 is 15.5. The third-order valence-electron chi connectivity index (χ3n) is 5.49. The van der Waals surface area contributed by atoms with Gasteiger partial charge in [-0.05, 0) is 42.5 Å². The van der Waals surface area contributed by atoms with Gasteiger partial charge in [0.1, 0.15) is 18.4 Å². The number of ether oxygens (including phenoxy) is 2.